The molecule has 1 aromatic rings. The third-order valence-electron chi connectivity index (χ3n) is 12.0. The van der Waals surface area contributed by atoms with Crippen LogP contribution < -0.4 is 10.5 Å². The minimum absolute atomic E-state index is 0.0570. The lowest BCUT2D eigenvalue weighted by molar-refractivity contribution is -0.130. The number of benzene rings is 1. The van der Waals surface area contributed by atoms with Crippen LogP contribution in [0.4, 0.5) is 0 Å². The van der Waals surface area contributed by atoms with E-state index in [1.807, 2.05) is 0 Å². The summed E-state index contributed by atoms with van der Waals surface area (Å²) in [6.07, 6.45) is 12.5. The number of hydrogen-bond donors (Lipinski definition) is 3. The summed E-state index contributed by atoms with van der Waals surface area (Å²) in [5.41, 5.74) is 1.67. The van der Waals surface area contributed by atoms with Gasteiger partial charge in [0.2, 0.25) is 15.9 Å². The highest BCUT2D eigenvalue weighted by molar-refractivity contribution is 7.89. The van der Waals surface area contributed by atoms with Crippen molar-refractivity contribution in [1.29, 1.82) is 0 Å². The predicted octanol–water partition coefficient (Wildman–Crippen LogP) is 5.39. The maximum absolute atomic E-state index is 12.7. The van der Waals surface area contributed by atoms with Gasteiger partial charge >= 0.3 is 0 Å². The van der Waals surface area contributed by atoms with Gasteiger partial charge in [-0.15, -0.1) is 0 Å². The molecule has 1 aromatic carbocycles. The molecule has 0 aromatic heterocycles. The largest absolute Gasteiger partial charge is 0.393 e. The van der Waals surface area contributed by atoms with Crippen molar-refractivity contribution in [3.8, 4) is 0 Å². The zero-order valence-corrected chi connectivity index (χ0v) is 24.3. The van der Waals surface area contributed by atoms with E-state index in [9.17, 15) is 18.3 Å². The first kappa shape index (κ1) is 28.1. The van der Waals surface area contributed by atoms with Crippen molar-refractivity contribution in [2.75, 3.05) is 0 Å². The molecule has 4 aliphatic rings. The molecule has 4 aliphatic carbocycles. The number of rotatable bonds is 7. The molecule has 4 fully saturated rings. The molecular weight excluding hydrogens is 496 g/mol. The van der Waals surface area contributed by atoms with E-state index < -0.39 is 10.0 Å². The molecule has 4 saturated carbocycles. The Balaban J connectivity index is 1.14. The molecule has 0 bridgehead atoms. The molecule has 0 saturated heterocycles. The first-order valence-electron chi connectivity index (χ1n) is 15.0. The standard InChI is InChI=1S/C31H48N2O4S/c1-20(4-13-29(35)33-19-21-5-8-24(9-6-21)38(32,36)37)26-11-12-27-25-10-7-22-18-23(34)14-16-30(22,2)28(25)15-17-31(26,27)3/h5-6,8-9,20,22-23,25-28,34H,4,7,10-19H2,1-3H3,(H,33,35)(H2,32,36,37)/t20-,22-,23-,25+,26-,27+,28+,30+,31-/m1/s1. The van der Waals surface area contributed by atoms with Gasteiger partial charge in [-0.25, -0.2) is 13.6 Å². The minimum Gasteiger partial charge on any atom is -0.393 e. The molecule has 38 heavy (non-hydrogen) atoms. The van der Waals surface area contributed by atoms with Crippen LogP contribution >= 0.6 is 0 Å². The number of amides is 1. The summed E-state index contributed by atoms with van der Waals surface area (Å²) < 4.78 is 22.9. The molecule has 7 heteroatoms. The van der Waals surface area contributed by atoms with Gasteiger partial charge in [-0.1, -0.05) is 32.9 Å². The Bertz CT molecular complexity index is 1120. The Kier molecular flexibility index (Phi) is 7.77. The van der Waals surface area contributed by atoms with Gasteiger partial charge in [-0.2, -0.15) is 0 Å². The summed E-state index contributed by atoms with van der Waals surface area (Å²) in [5.74, 6) is 4.45. The van der Waals surface area contributed by atoms with Crippen LogP contribution in [-0.2, 0) is 21.4 Å². The van der Waals surface area contributed by atoms with Crippen molar-refractivity contribution in [1.82, 2.24) is 5.32 Å². The second kappa shape index (κ2) is 10.5. The molecule has 1 amide bonds. The highest BCUT2D eigenvalue weighted by atomic mass is 32.2. The Labute approximate surface area is 229 Å². The first-order chi connectivity index (χ1) is 17.9. The van der Waals surface area contributed by atoms with E-state index in [1.165, 1.54) is 57.1 Å². The zero-order chi connectivity index (χ0) is 27.3. The lowest BCUT2D eigenvalue weighted by Crippen LogP contribution is -2.54. The Hall–Kier alpha value is -1.44. The summed E-state index contributed by atoms with van der Waals surface area (Å²) in [6, 6.07) is 6.36. The Morgan fingerprint density at radius 1 is 1.03 bits per heavy atom. The Morgan fingerprint density at radius 3 is 2.42 bits per heavy atom. The van der Waals surface area contributed by atoms with Crippen molar-refractivity contribution in [2.45, 2.75) is 109 Å². The quantitative estimate of drug-likeness (QED) is 0.428. The van der Waals surface area contributed by atoms with Crippen LogP contribution in [0.25, 0.3) is 0 Å². The number of sulfonamides is 1. The highest BCUT2D eigenvalue weighted by Crippen LogP contribution is 2.68. The van der Waals surface area contributed by atoms with Crippen molar-refractivity contribution >= 4 is 15.9 Å². The first-order valence-corrected chi connectivity index (χ1v) is 16.5. The topological polar surface area (TPSA) is 109 Å². The number of aliphatic hydroxyl groups is 1. The molecule has 5 rings (SSSR count). The van der Waals surface area contributed by atoms with E-state index in [0.717, 1.165) is 42.6 Å². The number of carbonyl (C=O) groups is 1. The number of carbonyl (C=O) groups excluding carboxylic acids is 1. The van der Waals surface area contributed by atoms with E-state index in [-0.39, 0.29) is 16.9 Å². The predicted molar refractivity (Wildman–Crippen MR) is 149 cm³/mol. The van der Waals surface area contributed by atoms with Crippen LogP contribution in [0, 0.1) is 46.3 Å². The van der Waals surface area contributed by atoms with Crippen LogP contribution in [0.15, 0.2) is 29.2 Å². The maximum Gasteiger partial charge on any atom is 0.238 e. The normalized spacial score (nSPS) is 39.5. The molecule has 6 nitrogen and oxygen atoms in total. The van der Waals surface area contributed by atoms with Crippen molar-refractivity contribution in [2.24, 2.45) is 51.5 Å². The van der Waals surface area contributed by atoms with Crippen LogP contribution in [0.1, 0.15) is 97.0 Å². The lowest BCUT2D eigenvalue weighted by Gasteiger charge is -2.61. The van der Waals surface area contributed by atoms with E-state index in [1.54, 1.807) is 12.1 Å². The highest BCUT2D eigenvalue weighted by Gasteiger charge is 2.60. The van der Waals surface area contributed by atoms with E-state index in [0.29, 0.717) is 41.5 Å². The minimum atomic E-state index is -3.70. The van der Waals surface area contributed by atoms with Gasteiger partial charge in [0, 0.05) is 13.0 Å². The summed E-state index contributed by atoms with van der Waals surface area (Å²) >= 11 is 0. The van der Waals surface area contributed by atoms with Gasteiger partial charge < -0.3 is 10.4 Å². The molecule has 0 unspecified atom stereocenters. The second-order valence-electron chi connectivity index (χ2n) is 13.8. The lowest BCUT2D eigenvalue weighted by atomic mass is 9.44. The van der Waals surface area contributed by atoms with Gasteiger partial charge in [0.15, 0.2) is 0 Å². The number of hydrogen-bond acceptors (Lipinski definition) is 4. The molecule has 0 spiro atoms. The molecule has 0 aliphatic heterocycles. The number of fused-ring (bicyclic) bond motifs is 5. The third-order valence-corrected chi connectivity index (χ3v) is 12.9. The summed E-state index contributed by atoms with van der Waals surface area (Å²) in [7, 11) is -3.70. The van der Waals surface area contributed by atoms with Crippen LogP contribution in [0.5, 0.6) is 0 Å². The average Bonchev–Trinajstić information content (AvgIpc) is 3.23. The van der Waals surface area contributed by atoms with Crippen molar-refractivity contribution in [3.63, 3.8) is 0 Å². The van der Waals surface area contributed by atoms with Gasteiger partial charge in [-0.05, 0) is 128 Å². The van der Waals surface area contributed by atoms with Crippen molar-refractivity contribution in [3.05, 3.63) is 29.8 Å². The SMILES string of the molecule is C[C@H](CCC(=O)NCc1ccc(S(N)(=O)=O)cc1)[C@H]1CC[C@H]2[C@@H]3CC[C@@H]4C[C@H](O)CC[C@]4(C)[C@H]3CC[C@]12C. The smallest absolute Gasteiger partial charge is 0.238 e. The molecule has 4 N–H and O–H groups in total. The van der Waals surface area contributed by atoms with Gasteiger partial charge in [0.25, 0.3) is 0 Å². The fraction of sp³-hybridized carbons (Fsp3) is 0.774. The number of nitrogens with one attached hydrogen (secondary N) is 1. The molecule has 0 heterocycles. The van der Waals surface area contributed by atoms with Gasteiger partial charge in [0.1, 0.15) is 0 Å². The second-order valence-corrected chi connectivity index (χ2v) is 15.4. The maximum atomic E-state index is 12.7. The third kappa shape index (κ3) is 5.19. The molecule has 212 valence electrons. The Morgan fingerprint density at radius 2 is 1.71 bits per heavy atom. The summed E-state index contributed by atoms with van der Waals surface area (Å²) in [5, 5.41) is 18.5. The van der Waals surface area contributed by atoms with Crippen LogP contribution in [0.2, 0.25) is 0 Å². The van der Waals surface area contributed by atoms with Crippen LogP contribution in [-0.4, -0.2) is 25.5 Å². The van der Waals surface area contributed by atoms with E-state index >= 15 is 0 Å². The van der Waals surface area contributed by atoms with E-state index in [2.05, 4.69) is 26.1 Å². The molecular formula is C31H48N2O4S. The summed E-state index contributed by atoms with van der Waals surface area (Å²) in [6.45, 7) is 7.89. The van der Waals surface area contributed by atoms with Gasteiger partial charge in [0.05, 0.1) is 11.0 Å². The number of nitrogens with two attached hydrogens (primary N) is 1. The zero-order valence-electron chi connectivity index (χ0n) is 23.5. The summed E-state index contributed by atoms with van der Waals surface area (Å²) in [4.78, 5) is 12.7. The molecule has 9 atom stereocenters. The van der Waals surface area contributed by atoms with Gasteiger partial charge in [-0.3, -0.25) is 4.79 Å². The number of primary sulfonamides is 1. The van der Waals surface area contributed by atoms with E-state index in [4.69, 9.17) is 5.14 Å². The fourth-order valence-corrected chi connectivity index (χ4v) is 10.4. The van der Waals surface area contributed by atoms with Crippen molar-refractivity contribution < 1.29 is 18.3 Å². The van der Waals surface area contributed by atoms with Crippen LogP contribution in [0.3, 0.4) is 0 Å². The monoisotopic (exact) mass is 544 g/mol. The number of aliphatic hydroxyl groups excluding tert-OH is 1. The molecule has 0 radical (unpaired) electrons. The fourth-order valence-electron chi connectivity index (χ4n) is 9.86. The average molecular weight is 545 g/mol.